The number of nitrogens with zero attached hydrogens (tertiary/aromatic N) is 3. The molecule has 4 nitrogen and oxygen atoms in total. The lowest BCUT2D eigenvalue weighted by molar-refractivity contribution is 0.584. The molecule has 88 valence electrons. The summed E-state index contributed by atoms with van der Waals surface area (Å²) in [4.78, 5) is 6.87. The van der Waals surface area contributed by atoms with E-state index < -0.39 is 0 Å². The molecule has 1 saturated heterocycles. The Hall–Kier alpha value is -1.81. The van der Waals surface area contributed by atoms with Crippen LogP contribution in [0.15, 0.2) is 42.9 Å². The molecule has 0 amide bonds. The monoisotopic (exact) mass is 228 g/mol. The summed E-state index contributed by atoms with van der Waals surface area (Å²) in [7, 11) is 0. The van der Waals surface area contributed by atoms with Crippen LogP contribution in [0.2, 0.25) is 0 Å². The molecule has 0 saturated carbocycles. The summed E-state index contributed by atoms with van der Waals surface area (Å²) in [5.74, 6) is 1.07. The molecule has 0 unspecified atom stereocenters. The minimum atomic E-state index is 1.02. The average Bonchev–Trinajstić information content (AvgIpc) is 2.94. The van der Waals surface area contributed by atoms with Gasteiger partial charge in [0.15, 0.2) is 5.82 Å². The molecule has 0 aliphatic carbocycles. The third-order valence-corrected chi connectivity index (χ3v) is 3.07. The van der Waals surface area contributed by atoms with Crippen LogP contribution in [-0.4, -0.2) is 35.7 Å². The van der Waals surface area contributed by atoms with Crippen LogP contribution in [-0.2, 0) is 0 Å². The van der Waals surface area contributed by atoms with E-state index in [2.05, 4.69) is 38.2 Å². The Balaban J connectivity index is 1.98. The van der Waals surface area contributed by atoms with Crippen molar-refractivity contribution in [3.8, 4) is 5.69 Å². The lowest BCUT2D eigenvalue weighted by Crippen LogP contribution is -2.44. The fourth-order valence-electron chi connectivity index (χ4n) is 2.21. The van der Waals surface area contributed by atoms with Crippen LogP contribution in [0.1, 0.15) is 0 Å². The van der Waals surface area contributed by atoms with Gasteiger partial charge in [-0.05, 0) is 24.3 Å². The summed E-state index contributed by atoms with van der Waals surface area (Å²) in [6.45, 7) is 4.10. The Morgan fingerprint density at radius 2 is 1.82 bits per heavy atom. The molecular formula is C13H16N4. The lowest BCUT2D eigenvalue weighted by Gasteiger charge is -2.29. The van der Waals surface area contributed by atoms with Gasteiger partial charge in [-0.25, -0.2) is 4.98 Å². The van der Waals surface area contributed by atoms with Crippen molar-refractivity contribution in [3.63, 3.8) is 0 Å². The quantitative estimate of drug-likeness (QED) is 0.840. The van der Waals surface area contributed by atoms with E-state index >= 15 is 0 Å². The molecule has 1 N–H and O–H groups in total. The molecule has 17 heavy (non-hydrogen) atoms. The van der Waals surface area contributed by atoms with Crippen LogP contribution in [0, 0.1) is 0 Å². The fourth-order valence-corrected chi connectivity index (χ4v) is 2.21. The number of nitrogens with one attached hydrogen (secondary N) is 1. The lowest BCUT2D eigenvalue weighted by atomic mass is 10.3. The standard InChI is InChI=1S/C13H16N4/c1-2-9-16(8-1)12-4-3-5-15-13(12)17-10-6-14-7-11-17/h1-5,8-9,14H,6-7,10-11H2. The van der Waals surface area contributed by atoms with E-state index in [9.17, 15) is 0 Å². The van der Waals surface area contributed by atoms with E-state index in [0.717, 1.165) is 37.7 Å². The van der Waals surface area contributed by atoms with E-state index in [1.54, 1.807) is 0 Å². The molecule has 3 heterocycles. The molecule has 0 aromatic carbocycles. The van der Waals surface area contributed by atoms with Gasteiger partial charge in [-0.2, -0.15) is 0 Å². The normalized spacial score (nSPS) is 16.1. The van der Waals surface area contributed by atoms with Gasteiger partial charge in [0.2, 0.25) is 0 Å². The highest BCUT2D eigenvalue weighted by Crippen LogP contribution is 2.21. The Morgan fingerprint density at radius 3 is 2.59 bits per heavy atom. The van der Waals surface area contributed by atoms with Gasteiger partial charge in [0.25, 0.3) is 0 Å². The molecule has 3 rings (SSSR count). The fraction of sp³-hybridized carbons (Fsp3) is 0.308. The average molecular weight is 228 g/mol. The molecular weight excluding hydrogens is 212 g/mol. The van der Waals surface area contributed by atoms with Gasteiger partial charge in [-0.15, -0.1) is 0 Å². The van der Waals surface area contributed by atoms with Crippen LogP contribution in [0.5, 0.6) is 0 Å². The predicted molar refractivity (Wildman–Crippen MR) is 68.6 cm³/mol. The van der Waals surface area contributed by atoms with Crippen molar-refractivity contribution in [3.05, 3.63) is 42.9 Å². The topological polar surface area (TPSA) is 33.1 Å². The maximum absolute atomic E-state index is 4.54. The van der Waals surface area contributed by atoms with E-state index in [1.165, 1.54) is 0 Å². The number of aromatic nitrogens is 2. The van der Waals surface area contributed by atoms with Gasteiger partial charge in [-0.1, -0.05) is 0 Å². The first-order chi connectivity index (χ1) is 8.45. The van der Waals surface area contributed by atoms with Crippen LogP contribution in [0.3, 0.4) is 0 Å². The van der Waals surface area contributed by atoms with Gasteiger partial charge in [-0.3, -0.25) is 0 Å². The number of hydrogen-bond donors (Lipinski definition) is 1. The summed E-state index contributed by atoms with van der Waals surface area (Å²) in [5, 5.41) is 3.36. The van der Waals surface area contributed by atoms with Crippen LogP contribution in [0.25, 0.3) is 5.69 Å². The molecule has 0 radical (unpaired) electrons. The summed E-state index contributed by atoms with van der Waals surface area (Å²) < 4.78 is 2.12. The van der Waals surface area contributed by atoms with Crippen LogP contribution in [0.4, 0.5) is 5.82 Å². The first-order valence-corrected chi connectivity index (χ1v) is 5.99. The molecule has 0 bridgehead atoms. The Morgan fingerprint density at radius 1 is 1.06 bits per heavy atom. The maximum atomic E-state index is 4.54. The third kappa shape index (κ3) is 2.03. The zero-order valence-corrected chi connectivity index (χ0v) is 9.71. The molecule has 4 heteroatoms. The third-order valence-electron chi connectivity index (χ3n) is 3.07. The smallest absolute Gasteiger partial charge is 0.152 e. The van der Waals surface area contributed by atoms with Gasteiger partial charge >= 0.3 is 0 Å². The van der Waals surface area contributed by atoms with Crippen molar-refractivity contribution in [2.45, 2.75) is 0 Å². The summed E-state index contributed by atoms with van der Waals surface area (Å²) in [6.07, 6.45) is 5.98. The van der Waals surface area contributed by atoms with E-state index in [1.807, 2.05) is 24.4 Å². The number of pyridine rings is 1. The Labute approximate surface area is 101 Å². The molecule has 2 aromatic rings. The summed E-state index contributed by atoms with van der Waals surface area (Å²) >= 11 is 0. The Kier molecular flexibility index (Phi) is 2.80. The van der Waals surface area contributed by atoms with Crippen molar-refractivity contribution in [1.82, 2.24) is 14.9 Å². The van der Waals surface area contributed by atoms with E-state index in [4.69, 9.17) is 0 Å². The second-order valence-corrected chi connectivity index (χ2v) is 4.17. The van der Waals surface area contributed by atoms with Gasteiger partial charge in [0.05, 0.1) is 5.69 Å². The van der Waals surface area contributed by atoms with Crippen molar-refractivity contribution >= 4 is 5.82 Å². The molecule has 0 spiro atoms. The zero-order valence-electron chi connectivity index (χ0n) is 9.71. The molecule has 1 aliphatic heterocycles. The maximum Gasteiger partial charge on any atom is 0.152 e. The first-order valence-electron chi connectivity index (χ1n) is 5.99. The molecule has 0 atom stereocenters. The summed E-state index contributed by atoms with van der Waals surface area (Å²) in [6, 6.07) is 8.18. The van der Waals surface area contributed by atoms with Crippen LogP contribution >= 0.6 is 0 Å². The van der Waals surface area contributed by atoms with Crippen molar-refractivity contribution in [2.75, 3.05) is 31.1 Å². The largest absolute Gasteiger partial charge is 0.352 e. The molecule has 1 fully saturated rings. The van der Waals surface area contributed by atoms with Gasteiger partial charge in [0, 0.05) is 44.8 Å². The number of piperazine rings is 1. The highest BCUT2D eigenvalue weighted by atomic mass is 15.2. The second-order valence-electron chi connectivity index (χ2n) is 4.17. The predicted octanol–water partition coefficient (Wildman–Crippen LogP) is 1.28. The molecule has 1 aliphatic rings. The SMILES string of the molecule is c1cnc(N2CCNCC2)c(-n2cccc2)c1. The van der Waals surface area contributed by atoms with E-state index in [-0.39, 0.29) is 0 Å². The number of hydrogen-bond acceptors (Lipinski definition) is 3. The molecule has 2 aromatic heterocycles. The zero-order chi connectivity index (χ0) is 11.5. The van der Waals surface area contributed by atoms with Gasteiger partial charge in [0.1, 0.15) is 0 Å². The summed E-state index contributed by atoms with van der Waals surface area (Å²) in [5.41, 5.74) is 1.15. The second kappa shape index (κ2) is 4.59. The Bertz CT molecular complexity index is 472. The minimum absolute atomic E-state index is 1.02. The van der Waals surface area contributed by atoms with Crippen molar-refractivity contribution in [1.29, 1.82) is 0 Å². The minimum Gasteiger partial charge on any atom is -0.352 e. The highest BCUT2D eigenvalue weighted by molar-refractivity contribution is 5.57. The highest BCUT2D eigenvalue weighted by Gasteiger charge is 2.15. The number of rotatable bonds is 2. The van der Waals surface area contributed by atoms with E-state index in [0.29, 0.717) is 0 Å². The van der Waals surface area contributed by atoms with Gasteiger partial charge < -0.3 is 14.8 Å². The van der Waals surface area contributed by atoms with Crippen molar-refractivity contribution < 1.29 is 0 Å². The van der Waals surface area contributed by atoms with Crippen LogP contribution < -0.4 is 10.2 Å². The first kappa shape index (κ1) is 10.4. The number of anilines is 1. The van der Waals surface area contributed by atoms with Crippen molar-refractivity contribution in [2.24, 2.45) is 0 Å².